The standard InChI is InChI=1S/C17H26O/c1-5-17(18)15(9-10-16(17,3)4)12-14-8-6-7-13(2)11-14/h6-8,11,15,18H,5,9-10,12H2,1-4H3. The van der Waals surface area contributed by atoms with Crippen molar-refractivity contribution in [2.24, 2.45) is 11.3 Å². The lowest BCUT2D eigenvalue weighted by atomic mass is 9.71. The number of hydrogen-bond acceptors (Lipinski definition) is 1. The molecule has 18 heavy (non-hydrogen) atoms. The second-order valence-electron chi connectivity index (χ2n) is 6.59. The Morgan fingerprint density at radius 2 is 2.06 bits per heavy atom. The van der Waals surface area contributed by atoms with E-state index < -0.39 is 5.60 Å². The van der Waals surface area contributed by atoms with Crippen molar-refractivity contribution in [2.45, 2.75) is 59.0 Å². The van der Waals surface area contributed by atoms with Gasteiger partial charge in [0, 0.05) is 0 Å². The first kappa shape index (κ1) is 13.6. The minimum Gasteiger partial charge on any atom is -0.389 e. The summed E-state index contributed by atoms with van der Waals surface area (Å²) in [5.74, 6) is 0.402. The van der Waals surface area contributed by atoms with Crippen LogP contribution in [0, 0.1) is 18.3 Å². The number of aryl methyl sites for hydroxylation is 1. The fourth-order valence-electron chi connectivity index (χ4n) is 3.70. The van der Waals surface area contributed by atoms with Crippen LogP contribution in [0.3, 0.4) is 0 Å². The van der Waals surface area contributed by atoms with E-state index in [-0.39, 0.29) is 5.41 Å². The van der Waals surface area contributed by atoms with Crippen molar-refractivity contribution in [2.75, 3.05) is 0 Å². The van der Waals surface area contributed by atoms with Crippen LogP contribution in [0.4, 0.5) is 0 Å². The predicted octanol–water partition coefficient (Wildman–Crippen LogP) is 4.11. The Hall–Kier alpha value is -0.820. The van der Waals surface area contributed by atoms with Crippen molar-refractivity contribution in [3.63, 3.8) is 0 Å². The molecule has 0 aromatic heterocycles. The Morgan fingerprint density at radius 3 is 2.67 bits per heavy atom. The number of hydrogen-bond donors (Lipinski definition) is 1. The molecule has 0 amide bonds. The van der Waals surface area contributed by atoms with Crippen LogP contribution < -0.4 is 0 Å². The topological polar surface area (TPSA) is 20.2 Å². The molecule has 1 aromatic rings. The van der Waals surface area contributed by atoms with Gasteiger partial charge in [-0.1, -0.05) is 50.6 Å². The maximum atomic E-state index is 11.0. The third kappa shape index (κ3) is 2.21. The molecule has 1 N–H and O–H groups in total. The number of aliphatic hydroxyl groups is 1. The fourth-order valence-corrected chi connectivity index (χ4v) is 3.70. The van der Waals surface area contributed by atoms with Gasteiger partial charge in [0.2, 0.25) is 0 Å². The molecular weight excluding hydrogens is 220 g/mol. The zero-order chi connectivity index (χ0) is 13.4. The number of rotatable bonds is 3. The molecule has 100 valence electrons. The van der Waals surface area contributed by atoms with Crippen molar-refractivity contribution in [1.29, 1.82) is 0 Å². The van der Waals surface area contributed by atoms with Gasteiger partial charge in [-0.25, -0.2) is 0 Å². The van der Waals surface area contributed by atoms with Gasteiger partial charge in [0.25, 0.3) is 0 Å². The van der Waals surface area contributed by atoms with Crippen LogP contribution in [0.1, 0.15) is 51.2 Å². The normalized spacial score (nSPS) is 30.6. The quantitative estimate of drug-likeness (QED) is 0.850. The van der Waals surface area contributed by atoms with Crippen molar-refractivity contribution in [3.8, 4) is 0 Å². The van der Waals surface area contributed by atoms with E-state index in [4.69, 9.17) is 0 Å². The Morgan fingerprint density at radius 1 is 1.33 bits per heavy atom. The van der Waals surface area contributed by atoms with E-state index in [2.05, 4.69) is 52.0 Å². The van der Waals surface area contributed by atoms with Crippen molar-refractivity contribution < 1.29 is 5.11 Å². The van der Waals surface area contributed by atoms with E-state index in [9.17, 15) is 5.11 Å². The largest absolute Gasteiger partial charge is 0.389 e. The van der Waals surface area contributed by atoms with Crippen molar-refractivity contribution in [3.05, 3.63) is 35.4 Å². The first-order valence-electron chi connectivity index (χ1n) is 7.17. The predicted molar refractivity (Wildman–Crippen MR) is 76.6 cm³/mol. The molecule has 1 nitrogen and oxygen atoms in total. The summed E-state index contributed by atoms with van der Waals surface area (Å²) in [6.45, 7) is 8.68. The van der Waals surface area contributed by atoms with Crippen molar-refractivity contribution in [1.82, 2.24) is 0 Å². The molecule has 0 aliphatic heterocycles. The smallest absolute Gasteiger partial charge is 0.0726 e. The van der Waals surface area contributed by atoms with Crippen LogP contribution in [0.25, 0.3) is 0 Å². The van der Waals surface area contributed by atoms with Crippen LogP contribution in [0.5, 0.6) is 0 Å². The zero-order valence-electron chi connectivity index (χ0n) is 12.2. The summed E-state index contributed by atoms with van der Waals surface area (Å²) in [7, 11) is 0. The van der Waals surface area contributed by atoms with Gasteiger partial charge in [-0.2, -0.15) is 0 Å². The molecule has 0 spiro atoms. The molecule has 1 fully saturated rings. The molecule has 2 unspecified atom stereocenters. The molecule has 2 rings (SSSR count). The van der Waals surface area contributed by atoms with Gasteiger partial charge in [-0.05, 0) is 49.5 Å². The van der Waals surface area contributed by atoms with Crippen LogP contribution in [0.15, 0.2) is 24.3 Å². The molecule has 1 heteroatoms. The maximum Gasteiger partial charge on any atom is 0.0726 e. The minimum atomic E-state index is -0.503. The van der Waals surface area contributed by atoms with Crippen molar-refractivity contribution >= 4 is 0 Å². The number of benzene rings is 1. The summed E-state index contributed by atoms with van der Waals surface area (Å²) in [6, 6.07) is 8.69. The van der Waals surface area contributed by atoms with Gasteiger partial charge < -0.3 is 5.11 Å². The Labute approximate surface area is 111 Å². The molecular formula is C17H26O. The molecule has 1 aromatic carbocycles. The molecule has 0 heterocycles. The lowest BCUT2D eigenvalue weighted by Gasteiger charge is -2.40. The van der Waals surface area contributed by atoms with Crippen LogP contribution >= 0.6 is 0 Å². The Kier molecular flexibility index (Phi) is 3.55. The van der Waals surface area contributed by atoms with E-state index >= 15 is 0 Å². The highest BCUT2D eigenvalue weighted by Crippen LogP contribution is 2.52. The summed E-state index contributed by atoms with van der Waals surface area (Å²) in [4.78, 5) is 0. The highest BCUT2D eigenvalue weighted by Gasteiger charge is 2.52. The van der Waals surface area contributed by atoms with E-state index in [1.165, 1.54) is 11.1 Å². The summed E-state index contributed by atoms with van der Waals surface area (Å²) in [5.41, 5.74) is 2.22. The van der Waals surface area contributed by atoms with E-state index in [1.807, 2.05) is 0 Å². The van der Waals surface area contributed by atoms with Gasteiger partial charge in [0.15, 0.2) is 0 Å². The lowest BCUT2D eigenvalue weighted by molar-refractivity contribution is -0.0784. The molecule has 1 aliphatic carbocycles. The van der Waals surface area contributed by atoms with Gasteiger partial charge in [0.1, 0.15) is 0 Å². The zero-order valence-corrected chi connectivity index (χ0v) is 12.2. The minimum absolute atomic E-state index is 0.0518. The second kappa shape index (κ2) is 4.70. The highest BCUT2D eigenvalue weighted by atomic mass is 16.3. The van der Waals surface area contributed by atoms with E-state index in [1.54, 1.807) is 0 Å². The maximum absolute atomic E-state index is 11.0. The third-order valence-corrected chi connectivity index (χ3v) is 5.07. The van der Waals surface area contributed by atoms with Crippen LogP contribution in [0.2, 0.25) is 0 Å². The fraction of sp³-hybridized carbons (Fsp3) is 0.647. The average Bonchev–Trinajstić information content (AvgIpc) is 2.53. The van der Waals surface area contributed by atoms with Crippen LogP contribution in [-0.2, 0) is 6.42 Å². The summed E-state index contributed by atoms with van der Waals surface area (Å²) >= 11 is 0. The first-order valence-corrected chi connectivity index (χ1v) is 7.17. The molecule has 1 aliphatic rings. The van der Waals surface area contributed by atoms with Gasteiger partial charge in [-0.3, -0.25) is 0 Å². The lowest BCUT2D eigenvalue weighted by Crippen LogP contribution is -2.45. The highest BCUT2D eigenvalue weighted by molar-refractivity contribution is 5.23. The SMILES string of the molecule is CCC1(O)C(Cc2cccc(C)c2)CCC1(C)C. The Bertz CT molecular complexity index is 421. The summed E-state index contributed by atoms with van der Waals surface area (Å²) in [5, 5.41) is 11.0. The van der Waals surface area contributed by atoms with Gasteiger partial charge >= 0.3 is 0 Å². The van der Waals surface area contributed by atoms with Gasteiger partial charge in [0.05, 0.1) is 5.60 Å². The first-order chi connectivity index (χ1) is 8.39. The van der Waals surface area contributed by atoms with Crippen LogP contribution in [-0.4, -0.2) is 10.7 Å². The average molecular weight is 246 g/mol. The summed E-state index contributed by atoms with van der Waals surface area (Å²) < 4.78 is 0. The van der Waals surface area contributed by atoms with E-state index in [0.29, 0.717) is 5.92 Å². The molecule has 0 bridgehead atoms. The second-order valence-corrected chi connectivity index (χ2v) is 6.59. The summed E-state index contributed by atoms with van der Waals surface area (Å²) in [6.07, 6.45) is 4.14. The Balaban J connectivity index is 2.20. The molecule has 0 radical (unpaired) electrons. The third-order valence-electron chi connectivity index (χ3n) is 5.07. The monoisotopic (exact) mass is 246 g/mol. The molecule has 1 saturated carbocycles. The molecule has 0 saturated heterocycles. The molecule has 2 atom stereocenters. The van der Waals surface area contributed by atoms with E-state index in [0.717, 1.165) is 25.7 Å². The van der Waals surface area contributed by atoms with Gasteiger partial charge in [-0.15, -0.1) is 0 Å².